The minimum atomic E-state index is -4.44. The molecule has 2 aromatic rings. The van der Waals surface area contributed by atoms with Crippen molar-refractivity contribution in [1.82, 2.24) is 9.29 Å². The van der Waals surface area contributed by atoms with Gasteiger partial charge >= 0.3 is 6.18 Å². The first kappa shape index (κ1) is 19.6. The zero-order valence-corrected chi connectivity index (χ0v) is 15.4. The summed E-state index contributed by atoms with van der Waals surface area (Å²) in [5, 5.41) is 2.76. The summed E-state index contributed by atoms with van der Waals surface area (Å²) >= 11 is 0. The Morgan fingerprint density at radius 1 is 1.15 bits per heavy atom. The summed E-state index contributed by atoms with van der Waals surface area (Å²) in [7, 11) is -1.61. The number of alkyl halides is 3. The van der Waals surface area contributed by atoms with Crippen LogP contribution in [0.5, 0.6) is 0 Å². The van der Waals surface area contributed by atoms with Gasteiger partial charge in [0.1, 0.15) is 10.7 Å². The van der Waals surface area contributed by atoms with E-state index in [9.17, 15) is 21.6 Å². The van der Waals surface area contributed by atoms with Gasteiger partial charge in [-0.3, -0.25) is 0 Å². The molecule has 1 fully saturated rings. The van der Waals surface area contributed by atoms with Crippen LogP contribution in [0.1, 0.15) is 5.56 Å². The summed E-state index contributed by atoms with van der Waals surface area (Å²) in [5.74, 6) is 0.260. The molecule has 1 aromatic heterocycles. The first-order valence-electron chi connectivity index (χ1n) is 8.38. The zero-order valence-electron chi connectivity index (χ0n) is 14.6. The van der Waals surface area contributed by atoms with Gasteiger partial charge in [-0.2, -0.15) is 17.5 Å². The Morgan fingerprint density at radius 3 is 2.44 bits per heavy atom. The summed E-state index contributed by atoms with van der Waals surface area (Å²) in [6.45, 7) is 2.36. The van der Waals surface area contributed by atoms with Crippen LogP contribution in [0.2, 0.25) is 0 Å². The SMILES string of the molecule is C[NH+]1CCN(S(=O)(=O)c2ccc(Nc3cccc(C(F)(F)F)c3)nc2)CC1. The molecule has 1 saturated heterocycles. The van der Waals surface area contributed by atoms with Gasteiger partial charge in [0.05, 0.1) is 38.8 Å². The van der Waals surface area contributed by atoms with Crippen molar-refractivity contribution in [2.24, 2.45) is 0 Å². The number of anilines is 2. The Bertz CT molecular complexity index is 893. The molecule has 2 heterocycles. The maximum atomic E-state index is 12.8. The van der Waals surface area contributed by atoms with Crippen LogP contribution in [0.3, 0.4) is 0 Å². The van der Waals surface area contributed by atoms with Gasteiger partial charge in [-0.15, -0.1) is 0 Å². The molecule has 1 aromatic carbocycles. The van der Waals surface area contributed by atoms with E-state index in [1.807, 2.05) is 7.05 Å². The average Bonchev–Trinajstić information content (AvgIpc) is 2.62. The third kappa shape index (κ3) is 4.57. The van der Waals surface area contributed by atoms with Crippen LogP contribution >= 0.6 is 0 Å². The van der Waals surface area contributed by atoms with Gasteiger partial charge in [0.25, 0.3) is 0 Å². The summed E-state index contributed by atoms with van der Waals surface area (Å²) in [6, 6.07) is 7.57. The van der Waals surface area contributed by atoms with Crippen LogP contribution in [-0.4, -0.2) is 50.9 Å². The second kappa shape index (κ2) is 7.45. The van der Waals surface area contributed by atoms with Crippen molar-refractivity contribution in [2.45, 2.75) is 11.1 Å². The minimum Gasteiger partial charge on any atom is -0.340 e. The molecule has 0 atom stereocenters. The highest BCUT2D eigenvalue weighted by molar-refractivity contribution is 7.89. The maximum Gasteiger partial charge on any atom is 0.416 e. The molecule has 146 valence electrons. The Hall–Kier alpha value is -2.17. The maximum absolute atomic E-state index is 12.8. The topological polar surface area (TPSA) is 66.7 Å². The summed E-state index contributed by atoms with van der Waals surface area (Å²) in [5.41, 5.74) is -0.557. The van der Waals surface area contributed by atoms with E-state index in [4.69, 9.17) is 0 Å². The van der Waals surface area contributed by atoms with Gasteiger partial charge in [0, 0.05) is 11.9 Å². The Labute approximate surface area is 155 Å². The van der Waals surface area contributed by atoms with Crippen LogP contribution in [0.4, 0.5) is 24.7 Å². The lowest BCUT2D eigenvalue weighted by Gasteiger charge is -2.29. The fourth-order valence-corrected chi connectivity index (χ4v) is 4.17. The van der Waals surface area contributed by atoms with Crippen molar-refractivity contribution in [2.75, 3.05) is 38.5 Å². The number of nitrogens with one attached hydrogen (secondary N) is 2. The van der Waals surface area contributed by atoms with Crippen LogP contribution in [-0.2, 0) is 16.2 Å². The number of rotatable bonds is 4. The number of quaternary nitrogens is 1. The molecule has 0 bridgehead atoms. The van der Waals surface area contributed by atoms with E-state index in [2.05, 4.69) is 10.3 Å². The van der Waals surface area contributed by atoms with Gasteiger partial charge in [0.15, 0.2) is 0 Å². The molecule has 1 aliphatic rings. The van der Waals surface area contributed by atoms with Gasteiger partial charge in [-0.1, -0.05) is 6.07 Å². The Kier molecular flexibility index (Phi) is 5.41. The highest BCUT2D eigenvalue weighted by atomic mass is 32.2. The number of nitrogens with zero attached hydrogens (tertiary/aromatic N) is 2. The quantitative estimate of drug-likeness (QED) is 0.812. The Balaban J connectivity index is 1.74. The predicted molar refractivity (Wildman–Crippen MR) is 94.3 cm³/mol. The number of benzene rings is 1. The first-order chi connectivity index (χ1) is 12.7. The average molecular weight is 401 g/mol. The normalized spacial score (nSPS) is 17.0. The van der Waals surface area contributed by atoms with Crippen molar-refractivity contribution < 1.29 is 26.5 Å². The Morgan fingerprint density at radius 2 is 1.85 bits per heavy atom. The van der Waals surface area contributed by atoms with Crippen LogP contribution in [0.25, 0.3) is 0 Å². The molecule has 0 amide bonds. The number of likely N-dealkylation sites (N-methyl/N-ethyl adjacent to an activating group) is 1. The number of pyridine rings is 1. The second-order valence-electron chi connectivity index (χ2n) is 6.44. The van der Waals surface area contributed by atoms with Crippen molar-refractivity contribution in [3.63, 3.8) is 0 Å². The smallest absolute Gasteiger partial charge is 0.340 e. The minimum absolute atomic E-state index is 0.0663. The van der Waals surface area contributed by atoms with Gasteiger partial charge in [-0.25, -0.2) is 13.4 Å². The number of sulfonamides is 1. The highest BCUT2D eigenvalue weighted by Crippen LogP contribution is 2.31. The molecule has 0 radical (unpaired) electrons. The largest absolute Gasteiger partial charge is 0.416 e. The number of aromatic nitrogens is 1. The summed E-state index contributed by atoms with van der Waals surface area (Å²) in [6.07, 6.45) is -3.22. The van der Waals surface area contributed by atoms with E-state index in [0.717, 1.165) is 25.2 Å². The lowest BCUT2D eigenvalue weighted by molar-refractivity contribution is -0.883. The van der Waals surface area contributed by atoms with Crippen molar-refractivity contribution in [3.8, 4) is 0 Å². The van der Waals surface area contributed by atoms with Crippen molar-refractivity contribution in [3.05, 3.63) is 48.2 Å². The van der Waals surface area contributed by atoms with E-state index < -0.39 is 21.8 Å². The molecular formula is C17H20F3N4O2S+. The van der Waals surface area contributed by atoms with Gasteiger partial charge < -0.3 is 10.2 Å². The molecule has 6 nitrogen and oxygen atoms in total. The number of piperazine rings is 1. The number of hydrogen-bond acceptors (Lipinski definition) is 4. The fraction of sp³-hybridized carbons (Fsp3) is 0.353. The monoisotopic (exact) mass is 401 g/mol. The molecule has 27 heavy (non-hydrogen) atoms. The van der Waals surface area contributed by atoms with E-state index in [-0.39, 0.29) is 16.4 Å². The third-order valence-electron chi connectivity index (χ3n) is 4.41. The highest BCUT2D eigenvalue weighted by Gasteiger charge is 2.31. The number of halogens is 3. The van der Waals surface area contributed by atoms with Gasteiger partial charge in [0.2, 0.25) is 10.0 Å². The van der Waals surface area contributed by atoms with Gasteiger partial charge in [-0.05, 0) is 30.3 Å². The lowest BCUT2D eigenvalue weighted by atomic mass is 10.2. The van der Waals surface area contributed by atoms with Crippen LogP contribution < -0.4 is 10.2 Å². The molecule has 3 rings (SSSR count). The first-order valence-corrected chi connectivity index (χ1v) is 9.82. The molecule has 1 aliphatic heterocycles. The third-order valence-corrected chi connectivity index (χ3v) is 6.29. The van der Waals surface area contributed by atoms with E-state index in [1.54, 1.807) is 0 Å². The predicted octanol–water partition coefficient (Wildman–Crippen LogP) is 1.36. The molecule has 0 saturated carbocycles. The lowest BCUT2D eigenvalue weighted by Crippen LogP contribution is -3.12. The molecule has 2 N–H and O–H groups in total. The van der Waals surface area contributed by atoms with E-state index in [0.29, 0.717) is 13.1 Å². The molecular weight excluding hydrogens is 381 g/mol. The summed E-state index contributed by atoms with van der Waals surface area (Å²) < 4.78 is 65.1. The molecule has 0 aliphatic carbocycles. The van der Waals surface area contributed by atoms with Crippen molar-refractivity contribution >= 4 is 21.5 Å². The van der Waals surface area contributed by atoms with Crippen LogP contribution in [0.15, 0.2) is 47.5 Å². The van der Waals surface area contributed by atoms with E-state index in [1.165, 1.54) is 39.7 Å². The standard InChI is InChI=1S/C17H19F3N4O2S/c1-23-7-9-24(10-8-23)27(25,26)15-5-6-16(21-12-15)22-14-4-2-3-13(11-14)17(18,19)20/h2-6,11-12H,7-10H2,1H3,(H,21,22)/p+1. The molecule has 0 spiro atoms. The van der Waals surface area contributed by atoms with Crippen molar-refractivity contribution in [1.29, 1.82) is 0 Å². The zero-order chi connectivity index (χ0) is 19.7. The fourth-order valence-electron chi connectivity index (χ4n) is 2.79. The molecule has 0 unspecified atom stereocenters. The second-order valence-corrected chi connectivity index (χ2v) is 8.38. The summed E-state index contributed by atoms with van der Waals surface area (Å²) in [4.78, 5) is 5.38. The van der Waals surface area contributed by atoms with Crippen LogP contribution in [0, 0.1) is 0 Å². The van der Waals surface area contributed by atoms with E-state index >= 15 is 0 Å². The molecule has 10 heteroatoms. The number of hydrogen-bond donors (Lipinski definition) is 2.